The summed E-state index contributed by atoms with van der Waals surface area (Å²) in [4.78, 5) is 19.9. The second-order valence-corrected chi connectivity index (χ2v) is 4.63. The molecule has 4 heteroatoms. The molecule has 0 spiro atoms. The van der Waals surface area contributed by atoms with Crippen LogP contribution in [0.15, 0.2) is 47.3 Å². The SMILES string of the molecule is O=C(Cc1ccncc1)Cc1ccc(Br)cn1. The molecule has 2 aromatic heterocycles. The lowest BCUT2D eigenvalue weighted by Crippen LogP contribution is -2.07. The summed E-state index contributed by atoms with van der Waals surface area (Å²) in [6, 6.07) is 7.45. The number of carbonyl (C=O) groups is 1. The Kier molecular flexibility index (Phi) is 3.98. The third-order valence-corrected chi connectivity index (χ3v) is 2.79. The Morgan fingerprint density at radius 2 is 1.88 bits per heavy atom. The first kappa shape index (κ1) is 11.9. The zero-order valence-corrected chi connectivity index (χ0v) is 10.7. The zero-order chi connectivity index (χ0) is 12.1. The first-order chi connectivity index (χ1) is 8.24. The predicted octanol–water partition coefficient (Wildman–Crippen LogP) is 2.59. The highest BCUT2D eigenvalue weighted by Crippen LogP contribution is 2.09. The fraction of sp³-hybridized carbons (Fsp3) is 0.154. The van der Waals surface area contributed by atoms with Crippen molar-refractivity contribution >= 4 is 21.7 Å². The van der Waals surface area contributed by atoms with Crippen LogP contribution >= 0.6 is 15.9 Å². The van der Waals surface area contributed by atoms with Crippen LogP contribution in [-0.2, 0) is 17.6 Å². The fourth-order valence-corrected chi connectivity index (χ4v) is 1.74. The summed E-state index contributed by atoms with van der Waals surface area (Å²) in [6.07, 6.45) is 5.89. The molecule has 0 atom stereocenters. The molecule has 0 unspecified atom stereocenters. The topological polar surface area (TPSA) is 42.9 Å². The summed E-state index contributed by atoms with van der Waals surface area (Å²) < 4.78 is 0.919. The molecule has 0 fully saturated rings. The first-order valence-corrected chi connectivity index (χ1v) is 6.04. The van der Waals surface area contributed by atoms with Crippen LogP contribution in [0, 0.1) is 0 Å². The van der Waals surface area contributed by atoms with Gasteiger partial charge in [0.25, 0.3) is 0 Å². The summed E-state index contributed by atoms with van der Waals surface area (Å²) in [5, 5.41) is 0. The lowest BCUT2D eigenvalue weighted by molar-refractivity contribution is -0.117. The van der Waals surface area contributed by atoms with Gasteiger partial charge in [0.05, 0.1) is 0 Å². The summed E-state index contributed by atoms with van der Waals surface area (Å²) in [5.74, 6) is 0.158. The number of hydrogen-bond donors (Lipinski definition) is 0. The maximum absolute atomic E-state index is 11.8. The van der Waals surface area contributed by atoms with E-state index in [1.54, 1.807) is 18.6 Å². The molecule has 86 valence electrons. The minimum Gasteiger partial charge on any atom is -0.299 e. The Morgan fingerprint density at radius 3 is 2.53 bits per heavy atom. The number of ketones is 1. The quantitative estimate of drug-likeness (QED) is 0.869. The summed E-state index contributed by atoms with van der Waals surface area (Å²) in [5.41, 5.74) is 1.79. The van der Waals surface area contributed by atoms with E-state index in [0.29, 0.717) is 12.8 Å². The van der Waals surface area contributed by atoms with Crippen molar-refractivity contribution in [1.82, 2.24) is 9.97 Å². The Bertz CT molecular complexity index is 497. The Hall–Kier alpha value is -1.55. The van der Waals surface area contributed by atoms with Crippen LogP contribution in [0.5, 0.6) is 0 Å². The molecule has 0 N–H and O–H groups in total. The minimum atomic E-state index is 0.158. The molecule has 0 aliphatic rings. The molecular formula is C13H11BrN2O. The van der Waals surface area contributed by atoms with Gasteiger partial charge in [-0.2, -0.15) is 0 Å². The summed E-state index contributed by atoms with van der Waals surface area (Å²) in [7, 11) is 0. The molecule has 17 heavy (non-hydrogen) atoms. The third-order valence-electron chi connectivity index (χ3n) is 2.32. The van der Waals surface area contributed by atoms with Crippen molar-refractivity contribution in [1.29, 1.82) is 0 Å². The molecule has 0 saturated carbocycles. The molecule has 3 nitrogen and oxygen atoms in total. The van der Waals surface area contributed by atoms with Gasteiger partial charge in [0.15, 0.2) is 0 Å². The van der Waals surface area contributed by atoms with Gasteiger partial charge in [0.2, 0.25) is 0 Å². The van der Waals surface area contributed by atoms with Crippen LogP contribution in [0.25, 0.3) is 0 Å². The van der Waals surface area contributed by atoms with Gasteiger partial charge in [0, 0.05) is 41.6 Å². The van der Waals surface area contributed by atoms with E-state index in [1.807, 2.05) is 24.3 Å². The number of carbonyl (C=O) groups excluding carboxylic acids is 1. The molecule has 2 rings (SSSR count). The zero-order valence-electron chi connectivity index (χ0n) is 9.14. The largest absolute Gasteiger partial charge is 0.299 e. The van der Waals surface area contributed by atoms with Gasteiger partial charge in [-0.15, -0.1) is 0 Å². The van der Waals surface area contributed by atoms with Crippen molar-refractivity contribution in [2.45, 2.75) is 12.8 Å². The Labute approximate surface area is 108 Å². The van der Waals surface area contributed by atoms with E-state index in [4.69, 9.17) is 0 Å². The highest BCUT2D eigenvalue weighted by atomic mass is 79.9. The van der Waals surface area contributed by atoms with Crippen LogP contribution in [0.1, 0.15) is 11.3 Å². The van der Waals surface area contributed by atoms with Crippen molar-refractivity contribution in [2.75, 3.05) is 0 Å². The smallest absolute Gasteiger partial charge is 0.143 e. The van der Waals surface area contributed by atoms with Crippen LogP contribution < -0.4 is 0 Å². The minimum absolute atomic E-state index is 0.158. The van der Waals surface area contributed by atoms with Crippen molar-refractivity contribution < 1.29 is 4.79 Å². The van der Waals surface area contributed by atoms with Crippen molar-refractivity contribution in [3.63, 3.8) is 0 Å². The van der Waals surface area contributed by atoms with E-state index < -0.39 is 0 Å². The second kappa shape index (κ2) is 5.68. The molecule has 0 amide bonds. The van der Waals surface area contributed by atoms with E-state index in [2.05, 4.69) is 25.9 Å². The molecule has 0 aliphatic carbocycles. The number of hydrogen-bond acceptors (Lipinski definition) is 3. The Morgan fingerprint density at radius 1 is 1.12 bits per heavy atom. The third kappa shape index (κ3) is 3.75. The standard InChI is InChI=1S/C13H11BrN2O/c14-11-1-2-12(16-9-11)8-13(17)7-10-3-5-15-6-4-10/h1-6,9H,7-8H2. The van der Waals surface area contributed by atoms with Crippen LogP contribution in [0.2, 0.25) is 0 Å². The van der Waals surface area contributed by atoms with Gasteiger partial charge >= 0.3 is 0 Å². The van der Waals surface area contributed by atoms with E-state index in [9.17, 15) is 4.79 Å². The van der Waals surface area contributed by atoms with Gasteiger partial charge in [-0.25, -0.2) is 0 Å². The fourth-order valence-electron chi connectivity index (χ4n) is 1.50. The number of pyridine rings is 2. The van der Waals surface area contributed by atoms with Crippen molar-refractivity contribution in [3.05, 3.63) is 58.6 Å². The predicted molar refractivity (Wildman–Crippen MR) is 68.6 cm³/mol. The van der Waals surface area contributed by atoms with Crippen molar-refractivity contribution in [2.24, 2.45) is 0 Å². The molecule has 0 bridgehead atoms. The number of aromatic nitrogens is 2. The average molecular weight is 291 g/mol. The van der Waals surface area contributed by atoms with E-state index in [1.165, 1.54) is 0 Å². The number of Topliss-reactive ketones (excluding diaryl/α,β-unsaturated/α-hetero) is 1. The van der Waals surface area contributed by atoms with E-state index in [0.717, 1.165) is 15.7 Å². The summed E-state index contributed by atoms with van der Waals surface area (Å²) in [6.45, 7) is 0. The number of halogens is 1. The summed E-state index contributed by atoms with van der Waals surface area (Å²) >= 11 is 3.31. The maximum Gasteiger partial charge on any atom is 0.143 e. The van der Waals surface area contributed by atoms with Gasteiger partial charge in [0.1, 0.15) is 5.78 Å². The molecular weight excluding hydrogens is 280 g/mol. The van der Waals surface area contributed by atoms with Gasteiger partial charge < -0.3 is 0 Å². The molecule has 0 aliphatic heterocycles. The second-order valence-electron chi connectivity index (χ2n) is 3.72. The molecule has 0 aromatic carbocycles. The average Bonchev–Trinajstić information content (AvgIpc) is 2.33. The molecule has 2 heterocycles. The Balaban J connectivity index is 1.96. The first-order valence-electron chi connectivity index (χ1n) is 5.25. The lowest BCUT2D eigenvalue weighted by atomic mass is 10.1. The van der Waals surface area contributed by atoms with Gasteiger partial charge in [-0.05, 0) is 45.8 Å². The van der Waals surface area contributed by atoms with E-state index in [-0.39, 0.29) is 5.78 Å². The molecule has 2 aromatic rings. The monoisotopic (exact) mass is 290 g/mol. The highest BCUT2D eigenvalue weighted by molar-refractivity contribution is 9.10. The molecule has 0 saturated heterocycles. The maximum atomic E-state index is 11.8. The van der Waals surface area contributed by atoms with E-state index >= 15 is 0 Å². The van der Waals surface area contributed by atoms with Gasteiger partial charge in [-0.1, -0.05) is 0 Å². The number of nitrogens with zero attached hydrogens (tertiary/aromatic N) is 2. The van der Waals surface area contributed by atoms with Crippen LogP contribution in [-0.4, -0.2) is 15.8 Å². The van der Waals surface area contributed by atoms with Crippen LogP contribution in [0.4, 0.5) is 0 Å². The normalized spacial score (nSPS) is 10.2. The lowest BCUT2D eigenvalue weighted by Gasteiger charge is -2.01. The molecule has 0 radical (unpaired) electrons. The highest BCUT2D eigenvalue weighted by Gasteiger charge is 2.05. The van der Waals surface area contributed by atoms with Crippen LogP contribution in [0.3, 0.4) is 0 Å². The number of rotatable bonds is 4. The van der Waals surface area contributed by atoms with Crippen molar-refractivity contribution in [3.8, 4) is 0 Å². The van der Waals surface area contributed by atoms with Gasteiger partial charge in [-0.3, -0.25) is 14.8 Å².